The number of nitrogens with two attached hydrogens (primary N) is 1. The maximum Gasteiger partial charge on any atom is 0.295 e. The molecule has 5 nitrogen and oxygen atoms in total. The van der Waals surface area contributed by atoms with Gasteiger partial charge in [-0.3, -0.25) is 0 Å². The van der Waals surface area contributed by atoms with Crippen LogP contribution in [-0.4, -0.2) is 9.67 Å². The van der Waals surface area contributed by atoms with E-state index in [1.807, 2.05) is 47.0 Å². The Bertz CT molecular complexity index is 1130. The minimum Gasteiger partial charge on any atom is -0.507 e. The van der Waals surface area contributed by atoms with E-state index in [1.54, 1.807) is 0 Å². The minimum absolute atomic E-state index is 0.300. The van der Waals surface area contributed by atoms with E-state index in [1.165, 1.54) is 0 Å². The Hall–Kier alpha value is -2.95. The van der Waals surface area contributed by atoms with Crippen LogP contribution in [0.3, 0.4) is 0 Å². The number of hydrogen-bond donors (Lipinski definition) is 2. The number of hydrogen-bond acceptors (Lipinski definition) is 3. The molecule has 4 rings (SSSR count). The zero-order valence-electron chi connectivity index (χ0n) is 15.1. The molecular weight excluding hydrogens is 314 g/mol. The van der Waals surface area contributed by atoms with Crippen LogP contribution in [0.5, 0.6) is 5.75 Å². The molecule has 0 aliphatic carbocycles. The van der Waals surface area contributed by atoms with Crippen LogP contribution >= 0.6 is 0 Å². The number of phenols is 1. The van der Waals surface area contributed by atoms with Crippen LogP contribution in [-0.2, 0) is 14.1 Å². The second-order valence-corrected chi connectivity index (χ2v) is 6.70. The number of imidazole rings is 1. The summed E-state index contributed by atoms with van der Waals surface area (Å²) in [6.07, 6.45) is 0. The molecule has 4 aromatic rings. The van der Waals surface area contributed by atoms with Crippen molar-refractivity contribution in [3.8, 4) is 17.1 Å². The molecule has 0 unspecified atom stereocenters. The summed E-state index contributed by atoms with van der Waals surface area (Å²) in [6, 6.07) is 8.20. The number of furan rings is 1. The van der Waals surface area contributed by atoms with E-state index in [0.29, 0.717) is 11.6 Å². The van der Waals surface area contributed by atoms with E-state index in [0.717, 1.165) is 50.1 Å². The Morgan fingerprint density at radius 1 is 1.08 bits per heavy atom. The summed E-state index contributed by atoms with van der Waals surface area (Å²) >= 11 is 0. The Morgan fingerprint density at radius 3 is 2.44 bits per heavy atom. The van der Waals surface area contributed by atoms with Crippen molar-refractivity contribution in [2.45, 2.75) is 20.8 Å². The number of benzene rings is 2. The number of anilines is 1. The second-order valence-electron chi connectivity index (χ2n) is 6.70. The van der Waals surface area contributed by atoms with Gasteiger partial charge in [-0.2, -0.15) is 0 Å². The number of aromatic hydroxyl groups is 1. The van der Waals surface area contributed by atoms with Crippen molar-refractivity contribution in [2.24, 2.45) is 14.1 Å². The first-order valence-corrected chi connectivity index (χ1v) is 8.29. The number of para-hydroxylation sites is 2. The third kappa shape index (κ3) is 1.86. The lowest BCUT2D eigenvalue weighted by atomic mass is 9.98. The van der Waals surface area contributed by atoms with Gasteiger partial charge in [0.2, 0.25) is 5.88 Å². The van der Waals surface area contributed by atoms with Crippen LogP contribution in [0.1, 0.15) is 16.7 Å². The molecule has 0 amide bonds. The molecule has 0 spiro atoms. The molecule has 0 saturated carbocycles. The Labute approximate surface area is 145 Å². The van der Waals surface area contributed by atoms with Crippen molar-refractivity contribution in [3.63, 3.8) is 0 Å². The average Bonchev–Trinajstić information content (AvgIpc) is 3.06. The van der Waals surface area contributed by atoms with Crippen LogP contribution in [0.2, 0.25) is 0 Å². The van der Waals surface area contributed by atoms with Crippen molar-refractivity contribution in [2.75, 3.05) is 5.73 Å². The van der Waals surface area contributed by atoms with Gasteiger partial charge in [-0.1, -0.05) is 12.1 Å². The van der Waals surface area contributed by atoms with E-state index >= 15 is 0 Å². The smallest absolute Gasteiger partial charge is 0.295 e. The third-order valence-electron chi connectivity index (χ3n) is 5.39. The highest BCUT2D eigenvalue weighted by Crippen LogP contribution is 2.43. The van der Waals surface area contributed by atoms with Gasteiger partial charge in [0, 0.05) is 10.9 Å². The molecule has 25 heavy (non-hydrogen) atoms. The number of nitrogen functional groups attached to an aromatic ring is 1. The number of nitrogens with zero attached hydrogens (tertiary/aromatic N) is 2. The number of aryl methyl sites for hydroxylation is 4. The quantitative estimate of drug-likeness (QED) is 0.522. The van der Waals surface area contributed by atoms with Crippen molar-refractivity contribution >= 4 is 27.9 Å². The molecule has 3 N–H and O–H groups in total. The standard InChI is InChI=1S/C20H21N3O2/c1-10-11(2)18-15(12(3)17(10)24)16(19(21)25-18)20-22(4)13-8-6-7-9-14(13)23(20)5/h6-9,21,24H,1-5H3/p+1. The number of fused-ring (bicyclic) bond motifs is 2. The molecular formula is C20H22N3O2+. The molecule has 2 aromatic heterocycles. The van der Waals surface area contributed by atoms with E-state index in [4.69, 9.17) is 10.2 Å². The third-order valence-corrected chi connectivity index (χ3v) is 5.39. The SMILES string of the molecule is Cc1c(O)c(C)c2c(-c3n(C)c4ccccc4[n+]3C)c(N)oc2c1C. The highest BCUT2D eigenvalue weighted by Gasteiger charge is 2.30. The summed E-state index contributed by atoms with van der Waals surface area (Å²) in [7, 11) is 4.04. The van der Waals surface area contributed by atoms with Gasteiger partial charge in [0.25, 0.3) is 5.82 Å². The molecule has 2 aromatic carbocycles. The highest BCUT2D eigenvalue weighted by molar-refractivity contribution is 6.03. The van der Waals surface area contributed by atoms with Gasteiger partial charge in [0.05, 0.1) is 14.1 Å². The fourth-order valence-electron chi connectivity index (χ4n) is 3.86. The first-order valence-electron chi connectivity index (χ1n) is 8.29. The lowest BCUT2D eigenvalue weighted by molar-refractivity contribution is -0.634. The Balaban J connectivity index is 2.22. The zero-order chi connectivity index (χ0) is 18.0. The van der Waals surface area contributed by atoms with Gasteiger partial charge in [-0.15, -0.1) is 0 Å². The topological polar surface area (TPSA) is 68.2 Å². The maximum atomic E-state index is 10.5. The van der Waals surface area contributed by atoms with Crippen LogP contribution in [0.4, 0.5) is 5.88 Å². The van der Waals surface area contributed by atoms with Crippen molar-refractivity contribution in [3.05, 3.63) is 41.0 Å². The highest BCUT2D eigenvalue weighted by atomic mass is 16.3. The van der Waals surface area contributed by atoms with Gasteiger partial charge in [0.1, 0.15) is 16.9 Å². The first-order chi connectivity index (χ1) is 11.8. The summed E-state index contributed by atoms with van der Waals surface area (Å²) in [5, 5.41) is 11.4. The minimum atomic E-state index is 0.300. The maximum absolute atomic E-state index is 10.5. The summed E-state index contributed by atoms with van der Waals surface area (Å²) < 4.78 is 10.2. The van der Waals surface area contributed by atoms with Crippen molar-refractivity contribution in [1.29, 1.82) is 0 Å². The van der Waals surface area contributed by atoms with Gasteiger partial charge in [0.15, 0.2) is 11.0 Å². The van der Waals surface area contributed by atoms with Crippen LogP contribution in [0, 0.1) is 20.8 Å². The molecule has 128 valence electrons. The molecule has 0 saturated heterocycles. The summed E-state index contributed by atoms with van der Waals surface area (Å²) in [4.78, 5) is 0. The van der Waals surface area contributed by atoms with Crippen LogP contribution in [0.25, 0.3) is 33.4 Å². The zero-order valence-corrected chi connectivity index (χ0v) is 15.1. The molecule has 0 bridgehead atoms. The number of rotatable bonds is 1. The monoisotopic (exact) mass is 336 g/mol. The first kappa shape index (κ1) is 15.6. The Morgan fingerprint density at radius 2 is 1.76 bits per heavy atom. The van der Waals surface area contributed by atoms with Gasteiger partial charge in [-0.25, -0.2) is 9.13 Å². The second kappa shape index (κ2) is 5.02. The normalized spacial score (nSPS) is 11.7. The van der Waals surface area contributed by atoms with E-state index in [2.05, 4.69) is 21.3 Å². The Kier molecular flexibility index (Phi) is 3.13. The van der Waals surface area contributed by atoms with Gasteiger partial charge < -0.3 is 15.3 Å². The van der Waals surface area contributed by atoms with Gasteiger partial charge >= 0.3 is 0 Å². The molecule has 0 radical (unpaired) electrons. The average molecular weight is 336 g/mol. The fourth-order valence-corrected chi connectivity index (χ4v) is 3.86. The molecule has 0 aliphatic heterocycles. The molecule has 5 heteroatoms. The van der Waals surface area contributed by atoms with Crippen LogP contribution in [0.15, 0.2) is 28.7 Å². The summed E-state index contributed by atoms with van der Waals surface area (Å²) in [6.45, 7) is 5.75. The summed E-state index contributed by atoms with van der Waals surface area (Å²) in [5.74, 6) is 1.62. The molecule has 0 aliphatic rings. The van der Waals surface area contributed by atoms with E-state index in [-0.39, 0.29) is 0 Å². The van der Waals surface area contributed by atoms with Crippen molar-refractivity contribution in [1.82, 2.24) is 4.57 Å². The largest absolute Gasteiger partial charge is 0.507 e. The molecule has 2 heterocycles. The molecule has 0 fully saturated rings. The number of aromatic nitrogens is 2. The lowest BCUT2D eigenvalue weighted by Gasteiger charge is -2.08. The summed E-state index contributed by atoms with van der Waals surface area (Å²) in [5.41, 5.74) is 12.6. The van der Waals surface area contributed by atoms with E-state index in [9.17, 15) is 5.11 Å². The lowest BCUT2D eigenvalue weighted by Crippen LogP contribution is -2.30. The van der Waals surface area contributed by atoms with E-state index < -0.39 is 0 Å². The predicted octanol–water partition coefficient (Wildman–Crippen LogP) is 3.63. The fraction of sp³-hybridized carbons (Fsp3) is 0.250. The van der Waals surface area contributed by atoms with Crippen LogP contribution < -0.4 is 10.3 Å². The number of phenolic OH excluding ortho intramolecular Hbond substituents is 1. The molecule has 0 atom stereocenters. The van der Waals surface area contributed by atoms with Crippen molar-refractivity contribution < 1.29 is 14.1 Å². The predicted molar refractivity (Wildman–Crippen MR) is 99.6 cm³/mol. The van der Waals surface area contributed by atoms with Gasteiger partial charge in [-0.05, 0) is 44.0 Å².